The van der Waals surface area contributed by atoms with Gasteiger partial charge in [0.2, 0.25) is 0 Å². The molecule has 0 aliphatic rings. The second kappa shape index (κ2) is 5.76. The van der Waals surface area contributed by atoms with Crippen LogP contribution in [0.3, 0.4) is 0 Å². The maximum atomic E-state index is 5.98. The quantitative estimate of drug-likeness (QED) is 0.666. The number of benzene rings is 1. The lowest BCUT2D eigenvalue weighted by Gasteiger charge is -2.13. The van der Waals surface area contributed by atoms with Crippen molar-refractivity contribution in [3.05, 3.63) is 57.5 Å². The van der Waals surface area contributed by atoms with E-state index in [1.807, 2.05) is 31.2 Å². The molecule has 0 aliphatic carbocycles. The van der Waals surface area contributed by atoms with E-state index in [-0.39, 0.29) is 6.04 Å². The van der Waals surface area contributed by atoms with Gasteiger partial charge in [0.15, 0.2) is 0 Å². The van der Waals surface area contributed by atoms with Gasteiger partial charge in [0.25, 0.3) is 0 Å². The molecule has 1 aromatic carbocycles. The van der Waals surface area contributed by atoms with Gasteiger partial charge in [0, 0.05) is 0 Å². The molecule has 18 heavy (non-hydrogen) atoms. The minimum atomic E-state index is -0.0871. The number of hydrazine groups is 1. The molecular weight excluding hydrogens is 271 g/mol. The number of rotatable bonds is 4. The molecular formula is C13H14Cl2N2O. The third-order valence-corrected chi connectivity index (χ3v) is 3.47. The van der Waals surface area contributed by atoms with Crippen molar-refractivity contribution in [2.45, 2.75) is 19.4 Å². The summed E-state index contributed by atoms with van der Waals surface area (Å²) in [7, 11) is 0. The van der Waals surface area contributed by atoms with Crippen molar-refractivity contribution in [3.63, 3.8) is 0 Å². The molecule has 3 N–H and O–H groups in total. The van der Waals surface area contributed by atoms with Gasteiger partial charge < -0.3 is 4.42 Å². The highest BCUT2D eigenvalue weighted by atomic mass is 35.5. The fourth-order valence-electron chi connectivity index (χ4n) is 1.78. The zero-order chi connectivity index (χ0) is 13.1. The van der Waals surface area contributed by atoms with Crippen LogP contribution in [0.5, 0.6) is 0 Å². The summed E-state index contributed by atoms with van der Waals surface area (Å²) in [5.41, 5.74) is 3.79. The molecule has 0 amide bonds. The van der Waals surface area contributed by atoms with E-state index < -0.39 is 0 Å². The summed E-state index contributed by atoms with van der Waals surface area (Å²) in [4.78, 5) is 0. The summed E-state index contributed by atoms with van der Waals surface area (Å²) >= 11 is 11.9. The lowest BCUT2D eigenvalue weighted by atomic mass is 10.0. The Labute approximate surface area is 116 Å². The molecule has 1 heterocycles. The van der Waals surface area contributed by atoms with E-state index in [9.17, 15) is 0 Å². The van der Waals surface area contributed by atoms with Gasteiger partial charge in [-0.05, 0) is 43.2 Å². The molecule has 1 unspecified atom stereocenters. The molecule has 1 aromatic heterocycles. The molecule has 3 nitrogen and oxygen atoms in total. The molecule has 1 atom stereocenters. The summed E-state index contributed by atoms with van der Waals surface area (Å²) in [6, 6.07) is 9.28. The highest BCUT2D eigenvalue weighted by molar-refractivity contribution is 6.42. The largest absolute Gasteiger partial charge is 0.465 e. The normalized spacial score (nSPS) is 12.7. The Morgan fingerprint density at radius 3 is 2.56 bits per heavy atom. The maximum Gasteiger partial charge on any atom is 0.122 e. The summed E-state index contributed by atoms with van der Waals surface area (Å²) in [6.07, 6.45) is 0.681. The second-order valence-corrected chi connectivity index (χ2v) is 4.93. The number of nitrogens with one attached hydrogen (secondary N) is 1. The fraction of sp³-hybridized carbons (Fsp3) is 0.231. The third kappa shape index (κ3) is 3.06. The van der Waals surface area contributed by atoms with E-state index >= 15 is 0 Å². The molecule has 0 fully saturated rings. The lowest BCUT2D eigenvalue weighted by Crippen LogP contribution is -2.29. The Balaban J connectivity index is 2.17. The zero-order valence-corrected chi connectivity index (χ0v) is 11.4. The van der Waals surface area contributed by atoms with Crippen molar-refractivity contribution in [2.75, 3.05) is 0 Å². The second-order valence-electron chi connectivity index (χ2n) is 4.12. The van der Waals surface area contributed by atoms with Gasteiger partial charge >= 0.3 is 0 Å². The minimum Gasteiger partial charge on any atom is -0.465 e. The monoisotopic (exact) mass is 284 g/mol. The number of halogens is 2. The van der Waals surface area contributed by atoms with Crippen LogP contribution in [0, 0.1) is 6.92 Å². The van der Waals surface area contributed by atoms with Crippen LogP contribution in [0.1, 0.15) is 23.1 Å². The highest BCUT2D eigenvalue weighted by Gasteiger charge is 2.14. The van der Waals surface area contributed by atoms with Gasteiger partial charge in [-0.15, -0.1) is 0 Å². The maximum absolute atomic E-state index is 5.98. The van der Waals surface area contributed by atoms with E-state index in [0.717, 1.165) is 17.1 Å². The van der Waals surface area contributed by atoms with Crippen LogP contribution in [0.25, 0.3) is 0 Å². The van der Waals surface area contributed by atoms with Crippen molar-refractivity contribution in [1.82, 2.24) is 5.43 Å². The van der Waals surface area contributed by atoms with E-state index in [1.54, 1.807) is 6.07 Å². The van der Waals surface area contributed by atoms with Crippen LogP contribution in [-0.2, 0) is 6.42 Å². The number of hydrogen-bond acceptors (Lipinski definition) is 3. The average Bonchev–Trinajstić information content (AvgIpc) is 2.77. The highest BCUT2D eigenvalue weighted by Crippen LogP contribution is 2.26. The number of nitrogens with two attached hydrogens (primary N) is 1. The smallest absolute Gasteiger partial charge is 0.122 e. The summed E-state index contributed by atoms with van der Waals surface area (Å²) < 4.78 is 5.56. The summed E-state index contributed by atoms with van der Waals surface area (Å²) in [6.45, 7) is 1.90. The first-order valence-electron chi connectivity index (χ1n) is 5.56. The molecule has 5 heteroatoms. The first-order valence-corrected chi connectivity index (χ1v) is 6.32. The van der Waals surface area contributed by atoms with Crippen LogP contribution in [0.2, 0.25) is 10.0 Å². The van der Waals surface area contributed by atoms with E-state index in [1.165, 1.54) is 0 Å². The topological polar surface area (TPSA) is 51.2 Å². The SMILES string of the molecule is Cc1ccc(C(Cc2ccc(Cl)c(Cl)c2)NN)o1. The molecule has 0 aliphatic heterocycles. The van der Waals surface area contributed by atoms with Crippen molar-refractivity contribution in [3.8, 4) is 0 Å². The molecule has 0 radical (unpaired) electrons. The summed E-state index contributed by atoms with van der Waals surface area (Å²) in [5.74, 6) is 7.23. The Kier molecular flexibility index (Phi) is 4.30. The Morgan fingerprint density at radius 1 is 1.22 bits per heavy atom. The Hall–Kier alpha value is -1.00. The van der Waals surface area contributed by atoms with Crippen LogP contribution >= 0.6 is 23.2 Å². The van der Waals surface area contributed by atoms with Crippen LogP contribution in [0.4, 0.5) is 0 Å². The van der Waals surface area contributed by atoms with Crippen LogP contribution in [-0.4, -0.2) is 0 Å². The summed E-state index contributed by atoms with van der Waals surface area (Å²) in [5, 5.41) is 1.09. The van der Waals surface area contributed by atoms with Crippen molar-refractivity contribution in [1.29, 1.82) is 0 Å². The first kappa shape index (κ1) is 13.4. The fourth-order valence-corrected chi connectivity index (χ4v) is 2.11. The first-order chi connectivity index (χ1) is 8.60. The van der Waals surface area contributed by atoms with Crippen molar-refractivity contribution in [2.24, 2.45) is 5.84 Å². The number of hydrogen-bond donors (Lipinski definition) is 2. The van der Waals surface area contributed by atoms with Gasteiger partial charge in [-0.25, -0.2) is 5.43 Å². The average molecular weight is 285 g/mol. The van der Waals surface area contributed by atoms with Crippen LogP contribution < -0.4 is 11.3 Å². The molecule has 96 valence electrons. The predicted molar refractivity (Wildman–Crippen MR) is 73.7 cm³/mol. The van der Waals surface area contributed by atoms with E-state index in [4.69, 9.17) is 33.5 Å². The van der Waals surface area contributed by atoms with Gasteiger partial charge in [-0.3, -0.25) is 5.84 Å². The standard InChI is InChI=1S/C13H14Cl2N2O/c1-8-2-5-13(18-8)12(17-16)7-9-3-4-10(14)11(15)6-9/h2-6,12,17H,7,16H2,1H3. The molecule has 0 bridgehead atoms. The van der Waals surface area contributed by atoms with E-state index in [0.29, 0.717) is 16.5 Å². The Bertz CT molecular complexity index is 540. The van der Waals surface area contributed by atoms with Gasteiger partial charge in [-0.1, -0.05) is 29.3 Å². The zero-order valence-electron chi connectivity index (χ0n) is 9.91. The number of aryl methyl sites for hydroxylation is 1. The van der Waals surface area contributed by atoms with Gasteiger partial charge in [0.1, 0.15) is 11.5 Å². The molecule has 0 saturated carbocycles. The Morgan fingerprint density at radius 2 is 2.00 bits per heavy atom. The van der Waals surface area contributed by atoms with Crippen molar-refractivity contribution >= 4 is 23.2 Å². The van der Waals surface area contributed by atoms with E-state index in [2.05, 4.69) is 5.43 Å². The molecule has 0 saturated heterocycles. The van der Waals surface area contributed by atoms with Gasteiger partial charge in [0.05, 0.1) is 16.1 Å². The van der Waals surface area contributed by atoms with Gasteiger partial charge in [-0.2, -0.15) is 0 Å². The third-order valence-electron chi connectivity index (χ3n) is 2.73. The minimum absolute atomic E-state index is 0.0871. The van der Waals surface area contributed by atoms with Crippen molar-refractivity contribution < 1.29 is 4.42 Å². The molecule has 0 spiro atoms. The van der Waals surface area contributed by atoms with Crippen LogP contribution in [0.15, 0.2) is 34.7 Å². The lowest BCUT2D eigenvalue weighted by molar-refractivity contribution is 0.403. The molecule has 2 rings (SSSR count). The number of furan rings is 1. The predicted octanol–water partition coefficient (Wildman–Crippen LogP) is 3.64. The molecule has 2 aromatic rings.